The number of para-hydroxylation sites is 2. The number of aliphatic carboxylic acids is 1. The fourth-order valence-corrected chi connectivity index (χ4v) is 3.97. The number of fused-ring (bicyclic) bond motifs is 1. The minimum Gasteiger partial charge on any atom is -0.479 e. The smallest absolute Gasteiger partial charge is 0.331 e. The third-order valence-electron chi connectivity index (χ3n) is 5.28. The zero-order valence-corrected chi connectivity index (χ0v) is 16.4. The first-order chi connectivity index (χ1) is 14.2. The molecule has 0 aliphatic rings. The Balaban J connectivity index is 1.83. The molecule has 1 atom stereocenters. The first-order valence-corrected chi connectivity index (χ1v) is 9.85. The maximum atomic E-state index is 12.4. The zero-order valence-electron chi connectivity index (χ0n) is 16.4. The minimum atomic E-state index is -0.849. The Bertz CT molecular complexity index is 1100. The molecule has 3 aromatic carbocycles. The Morgan fingerprint density at radius 3 is 2.21 bits per heavy atom. The molecule has 0 saturated carbocycles. The second kappa shape index (κ2) is 8.23. The highest BCUT2D eigenvalue weighted by Gasteiger charge is 2.30. The fraction of sp³-hybridized carbons (Fsp3) is 0.160. The SMILES string of the molecule is CCN(c1ccccc1)C(C(=O)O)c1cn(Cc2ccccc2)c2ccccc12. The number of benzene rings is 3. The fourth-order valence-electron chi connectivity index (χ4n) is 3.97. The van der Waals surface area contributed by atoms with E-state index in [2.05, 4.69) is 22.8 Å². The highest BCUT2D eigenvalue weighted by atomic mass is 16.4. The average Bonchev–Trinajstić information content (AvgIpc) is 3.11. The van der Waals surface area contributed by atoms with Crippen molar-refractivity contribution in [1.29, 1.82) is 0 Å². The molecule has 0 amide bonds. The van der Waals surface area contributed by atoms with Gasteiger partial charge in [-0.05, 0) is 30.7 Å². The number of hydrogen-bond donors (Lipinski definition) is 1. The molecule has 0 aliphatic carbocycles. The van der Waals surface area contributed by atoms with Gasteiger partial charge in [-0.2, -0.15) is 0 Å². The number of carbonyl (C=O) groups is 1. The van der Waals surface area contributed by atoms with Crippen molar-refractivity contribution in [3.8, 4) is 0 Å². The molecule has 4 aromatic rings. The number of rotatable bonds is 7. The second-order valence-corrected chi connectivity index (χ2v) is 7.08. The number of carboxylic acid groups (broad SMARTS) is 1. The van der Waals surface area contributed by atoms with Crippen LogP contribution < -0.4 is 4.90 Å². The molecule has 0 aliphatic heterocycles. The molecule has 0 bridgehead atoms. The van der Waals surface area contributed by atoms with Crippen molar-refractivity contribution >= 4 is 22.6 Å². The number of aromatic nitrogens is 1. The summed E-state index contributed by atoms with van der Waals surface area (Å²) >= 11 is 0. The van der Waals surface area contributed by atoms with Crippen LogP contribution in [0, 0.1) is 0 Å². The molecule has 0 radical (unpaired) electrons. The summed E-state index contributed by atoms with van der Waals surface area (Å²) in [5, 5.41) is 11.2. The number of anilines is 1. The van der Waals surface area contributed by atoms with Gasteiger partial charge >= 0.3 is 5.97 Å². The van der Waals surface area contributed by atoms with Crippen LogP contribution in [-0.2, 0) is 11.3 Å². The summed E-state index contributed by atoms with van der Waals surface area (Å²) in [5.74, 6) is -0.849. The van der Waals surface area contributed by atoms with Crippen molar-refractivity contribution in [2.45, 2.75) is 19.5 Å². The van der Waals surface area contributed by atoms with E-state index in [0.717, 1.165) is 22.2 Å². The lowest BCUT2D eigenvalue weighted by molar-refractivity contribution is -0.138. The summed E-state index contributed by atoms with van der Waals surface area (Å²) in [6.45, 7) is 3.29. The average molecular weight is 384 g/mol. The standard InChI is InChI=1S/C25H24N2O2/c1-2-27(20-13-7-4-8-14-20)24(25(28)29)22-18-26(17-19-11-5-3-6-12-19)23-16-10-9-15-21(22)23/h3-16,18,24H,2,17H2,1H3,(H,28,29). The number of nitrogens with zero attached hydrogens (tertiary/aromatic N) is 2. The van der Waals surface area contributed by atoms with Crippen LogP contribution in [0.25, 0.3) is 10.9 Å². The lowest BCUT2D eigenvalue weighted by Crippen LogP contribution is -2.34. The quantitative estimate of drug-likeness (QED) is 0.468. The predicted molar refractivity (Wildman–Crippen MR) is 117 cm³/mol. The van der Waals surface area contributed by atoms with Gasteiger partial charge in [-0.1, -0.05) is 66.7 Å². The molecule has 0 saturated heterocycles. The maximum Gasteiger partial charge on any atom is 0.331 e. The van der Waals surface area contributed by atoms with E-state index in [9.17, 15) is 9.90 Å². The van der Waals surface area contributed by atoms with Crippen molar-refractivity contribution in [2.75, 3.05) is 11.4 Å². The predicted octanol–water partition coefficient (Wildman–Crippen LogP) is 5.34. The van der Waals surface area contributed by atoms with E-state index in [1.165, 1.54) is 5.56 Å². The molecule has 4 nitrogen and oxygen atoms in total. The van der Waals surface area contributed by atoms with Gasteiger partial charge in [-0.15, -0.1) is 0 Å². The zero-order chi connectivity index (χ0) is 20.2. The highest BCUT2D eigenvalue weighted by Crippen LogP contribution is 2.33. The Morgan fingerprint density at radius 1 is 0.931 bits per heavy atom. The Kier molecular flexibility index (Phi) is 5.34. The van der Waals surface area contributed by atoms with Gasteiger partial charge in [-0.25, -0.2) is 4.79 Å². The Labute approximate surface area is 170 Å². The Morgan fingerprint density at radius 2 is 1.55 bits per heavy atom. The van der Waals surface area contributed by atoms with Gasteiger partial charge in [0.15, 0.2) is 6.04 Å². The number of hydrogen-bond acceptors (Lipinski definition) is 2. The van der Waals surface area contributed by atoms with E-state index < -0.39 is 12.0 Å². The van der Waals surface area contributed by atoms with Crippen LogP contribution in [0.5, 0.6) is 0 Å². The van der Waals surface area contributed by atoms with Crippen LogP contribution in [0.4, 0.5) is 5.69 Å². The lowest BCUT2D eigenvalue weighted by atomic mass is 10.0. The lowest BCUT2D eigenvalue weighted by Gasteiger charge is -2.29. The van der Waals surface area contributed by atoms with Gasteiger partial charge in [0.1, 0.15) is 0 Å². The van der Waals surface area contributed by atoms with Crippen molar-refractivity contribution in [1.82, 2.24) is 4.57 Å². The molecule has 1 heterocycles. The van der Waals surface area contributed by atoms with Crippen LogP contribution in [0.1, 0.15) is 24.1 Å². The topological polar surface area (TPSA) is 45.5 Å². The molecule has 1 N–H and O–H groups in total. The van der Waals surface area contributed by atoms with E-state index in [-0.39, 0.29) is 0 Å². The van der Waals surface area contributed by atoms with Crippen LogP contribution >= 0.6 is 0 Å². The highest BCUT2D eigenvalue weighted by molar-refractivity contribution is 5.91. The van der Waals surface area contributed by atoms with E-state index in [1.807, 2.05) is 84.8 Å². The monoisotopic (exact) mass is 384 g/mol. The molecule has 0 fully saturated rings. The summed E-state index contributed by atoms with van der Waals surface area (Å²) in [5.41, 5.74) is 3.95. The van der Waals surface area contributed by atoms with Crippen LogP contribution in [0.3, 0.4) is 0 Å². The normalized spacial score (nSPS) is 12.0. The van der Waals surface area contributed by atoms with Crippen molar-refractivity contribution in [2.24, 2.45) is 0 Å². The van der Waals surface area contributed by atoms with E-state index in [4.69, 9.17) is 0 Å². The molecule has 0 spiro atoms. The number of likely N-dealkylation sites (N-methyl/N-ethyl adjacent to an activating group) is 1. The summed E-state index contributed by atoms with van der Waals surface area (Å²) in [6, 6.07) is 27.2. The van der Waals surface area contributed by atoms with Gasteiger partial charge in [0.05, 0.1) is 0 Å². The van der Waals surface area contributed by atoms with Crippen molar-refractivity contribution < 1.29 is 9.90 Å². The Hall–Kier alpha value is -3.53. The largest absolute Gasteiger partial charge is 0.479 e. The van der Waals surface area contributed by atoms with Crippen LogP contribution in [0.2, 0.25) is 0 Å². The summed E-state index contributed by atoms with van der Waals surface area (Å²) in [6.07, 6.45) is 2.00. The summed E-state index contributed by atoms with van der Waals surface area (Å²) < 4.78 is 2.15. The van der Waals surface area contributed by atoms with Gasteiger partial charge in [-0.3, -0.25) is 0 Å². The van der Waals surface area contributed by atoms with Gasteiger partial charge in [0.25, 0.3) is 0 Å². The minimum absolute atomic E-state index is 0.596. The van der Waals surface area contributed by atoms with Gasteiger partial charge in [0.2, 0.25) is 0 Å². The molecule has 1 unspecified atom stereocenters. The molecule has 29 heavy (non-hydrogen) atoms. The molecule has 4 heteroatoms. The van der Waals surface area contributed by atoms with E-state index in [1.54, 1.807) is 0 Å². The van der Waals surface area contributed by atoms with Crippen LogP contribution in [-0.4, -0.2) is 22.2 Å². The third-order valence-corrected chi connectivity index (χ3v) is 5.28. The molecular weight excluding hydrogens is 360 g/mol. The third kappa shape index (κ3) is 3.74. The van der Waals surface area contributed by atoms with Gasteiger partial charge < -0.3 is 14.6 Å². The first kappa shape index (κ1) is 18.8. The summed E-state index contributed by atoms with van der Waals surface area (Å²) in [7, 11) is 0. The summed E-state index contributed by atoms with van der Waals surface area (Å²) in [4.78, 5) is 14.4. The van der Waals surface area contributed by atoms with Crippen molar-refractivity contribution in [3.63, 3.8) is 0 Å². The molecular formula is C25H24N2O2. The molecule has 146 valence electrons. The number of carboxylic acids is 1. The van der Waals surface area contributed by atoms with E-state index >= 15 is 0 Å². The first-order valence-electron chi connectivity index (χ1n) is 9.85. The maximum absolute atomic E-state index is 12.4. The van der Waals surface area contributed by atoms with Gasteiger partial charge in [0, 0.05) is 41.4 Å². The van der Waals surface area contributed by atoms with Crippen LogP contribution in [0.15, 0.2) is 91.1 Å². The van der Waals surface area contributed by atoms with Crippen molar-refractivity contribution in [3.05, 3.63) is 102 Å². The second-order valence-electron chi connectivity index (χ2n) is 7.08. The molecule has 4 rings (SSSR count). The van der Waals surface area contributed by atoms with E-state index in [0.29, 0.717) is 13.1 Å². The molecule has 1 aromatic heterocycles.